The molecule has 0 radical (unpaired) electrons. The summed E-state index contributed by atoms with van der Waals surface area (Å²) in [6.45, 7) is 4.77. The maximum Gasteiger partial charge on any atom is 0.243 e. The van der Waals surface area contributed by atoms with Crippen LogP contribution in [0.5, 0.6) is 0 Å². The molecule has 4 nitrogen and oxygen atoms in total. The first-order valence-electron chi connectivity index (χ1n) is 11.7. The Labute approximate surface area is 232 Å². The lowest BCUT2D eigenvalue weighted by molar-refractivity contribution is -0.139. The third-order valence-corrected chi connectivity index (χ3v) is 7.32. The minimum absolute atomic E-state index is 0.162. The van der Waals surface area contributed by atoms with Gasteiger partial charge in [-0.1, -0.05) is 85.0 Å². The van der Waals surface area contributed by atoms with Crippen molar-refractivity contribution >= 4 is 58.4 Å². The highest BCUT2D eigenvalue weighted by molar-refractivity contribution is 8.00. The van der Waals surface area contributed by atoms with Crippen molar-refractivity contribution in [1.82, 2.24) is 10.2 Å². The number of hydrogen-bond acceptors (Lipinski definition) is 3. The van der Waals surface area contributed by atoms with E-state index in [0.29, 0.717) is 28.0 Å². The number of halogens is 3. The fourth-order valence-electron chi connectivity index (χ4n) is 3.57. The number of benzene rings is 3. The largest absolute Gasteiger partial charge is 0.354 e. The van der Waals surface area contributed by atoms with Gasteiger partial charge in [0.1, 0.15) is 6.04 Å². The van der Waals surface area contributed by atoms with Gasteiger partial charge >= 0.3 is 0 Å². The highest BCUT2D eigenvalue weighted by atomic mass is 35.5. The van der Waals surface area contributed by atoms with Crippen LogP contribution in [0, 0.1) is 5.92 Å². The zero-order valence-corrected chi connectivity index (χ0v) is 23.3. The predicted octanol–water partition coefficient (Wildman–Crippen LogP) is 7.15. The number of hydrogen-bond donors (Lipinski definition) is 1. The molecule has 0 saturated carbocycles. The average Bonchev–Trinajstić information content (AvgIpc) is 2.86. The minimum atomic E-state index is -0.712. The Morgan fingerprint density at radius 3 is 2.22 bits per heavy atom. The molecule has 2 amide bonds. The molecule has 0 fully saturated rings. The monoisotopic (exact) mass is 562 g/mol. The van der Waals surface area contributed by atoms with Gasteiger partial charge in [-0.25, -0.2) is 0 Å². The van der Waals surface area contributed by atoms with E-state index in [1.165, 1.54) is 11.8 Å². The zero-order chi connectivity index (χ0) is 26.1. The van der Waals surface area contributed by atoms with Gasteiger partial charge in [0.2, 0.25) is 11.8 Å². The van der Waals surface area contributed by atoms with Crippen molar-refractivity contribution in [3.63, 3.8) is 0 Å². The molecular weight excluding hydrogens is 535 g/mol. The lowest BCUT2D eigenvalue weighted by Crippen LogP contribution is -2.51. The second-order valence-electron chi connectivity index (χ2n) is 8.84. The van der Waals surface area contributed by atoms with Crippen LogP contribution in [0.2, 0.25) is 15.1 Å². The number of thioether (sulfide) groups is 1. The van der Waals surface area contributed by atoms with Crippen LogP contribution in [0.25, 0.3) is 0 Å². The second-order valence-corrected chi connectivity index (χ2v) is 11.2. The summed E-state index contributed by atoms with van der Waals surface area (Å²) < 4.78 is 0. The summed E-state index contributed by atoms with van der Waals surface area (Å²) in [7, 11) is 0. The van der Waals surface area contributed by atoms with Gasteiger partial charge in [-0.15, -0.1) is 11.8 Å². The molecule has 0 saturated heterocycles. The molecule has 0 heterocycles. The molecule has 3 aromatic carbocycles. The smallest absolute Gasteiger partial charge is 0.243 e. The molecule has 0 aromatic heterocycles. The van der Waals surface area contributed by atoms with E-state index in [2.05, 4.69) is 5.32 Å². The van der Waals surface area contributed by atoms with E-state index in [9.17, 15) is 9.59 Å². The number of rotatable bonds is 11. The Balaban J connectivity index is 1.92. The predicted molar refractivity (Wildman–Crippen MR) is 151 cm³/mol. The van der Waals surface area contributed by atoms with Crippen LogP contribution >= 0.6 is 46.6 Å². The lowest BCUT2D eigenvalue weighted by Gasteiger charge is -2.32. The molecule has 0 aliphatic rings. The maximum absolute atomic E-state index is 13.7. The number of carbonyl (C=O) groups is 2. The van der Waals surface area contributed by atoms with Gasteiger partial charge in [-0.3, -0.25) is 9.59 Å². The first-order chi connectivity index (χ1) is 17.2. The minimum Gasteiger partial charge on any atom is -0.354 e. The fraction of sp³-hybridized carbons (Fsp3) is 0.286. The highest BCUT2D eigenvalue weighted by Gasteiger charge is 2.31. The Morgan fingerprint density at radius 2 is 1.58 bits per heavy atom. The first kappa shape index (κ1) is 28.4. The SMILES string of the molecule is CC(C)CNC(=O)C(Cc1ccccc1)N(Cc1ccc(Cl)cc1Cl)C(=O)CSc1ccc(Cl)cc1. The zero-order valence-electron chi connectivity index (χ0n) is 20.2. The molecule has 1 atom stereocenters. The molecular formula is C28H29Cl3N2O2S. The van der Waals surface area contributed by atoms with Crippen molar-refractivity contribution < 1.29 is 9.59 Å². The summed E-state index contributed by atoms with van der Waals surface area (Å²) in [6, 6.07) is 21.5. The fourth-order valence-corrected chi connectivity index (χ4v) is 4.95. The molecule has 190 valence electrons. The van der Waals surface area contributed by atoms with Crippen LogP contribution < -0.4 is 5.32 Å². The molecule has 8 heteroatoms. The van der Waals surface area contributed by atoms with Crippen LogP contribution in [-0.2, 0) is 22.6 Å². The Morgan fingerprint density at radius 1 is 0.917 bits per heavy atom. The molecule has 3 aromatic rings. The van der Waals surface area contributed by atoms with E-state index < -0.39 is 6.04 Å². The summed E-state index contributed by atoms with van der Waals surface area (Å²) in [5, 5.41) is 4.61. The lowest BCUT2D eigenvalue weighted by atomic mass is 10.0. The van der Waals surface area contributed by atoms with Crippen molar-refractivity contribution in [1.29, 1.82) is 0 Å². The second kappa shape index (κ2) is 13.9. The first-order valence-corrected chi connectivity index (χ1v) is 13.8. The van der Waals surface area contributed by atoms with Crippen LogP contribution in [0.3, 0.4) is 0 Å². The quantitative estimate of drug-likeness (QED) is 0.252. The van der Waals surface area contributed by atoms with Gasteiger partial charge in [0.25, 0.3) is 0 Å². The maximum atomic E-state index is 13.7. The number of carbonyl (C=O) groups excluding carboxylic acids is 2. The standard InChI is InChI=1S/C28H29Cl3N2O2S/c1-19(2)16-32-28(35)26(14-20-6-4-3-5-7-20)33(17-21-8-9-23(30)15-25(21)31)27(34)18-36-24-12-10-22(29)11-13-24/h3-13,15,19,26H,14,16-18H2,1-2H3,(H,32,35). The number of amides is 2. The van der Waals surface area contributed by atoms with Crippen LogP contribution in [-0.4, -0.2) is 35.1 Å². The van der Waals surface area contributed by atoms with E-state index >= 15 is 0 Å². The van der Waals surface area contributed by atoms with Crippen molar-refractivity contribution in [2.45, 2.75) is 37.8 Å². The van der Waals surface area contributed by atoms with Gasteiger partial charge in [0, 0.05) is 39.5 Å². The summed E-state index contributed by atoms with van der Waals surface area (Å²) in [5.41, 5.74) is 1.69. The summed E-state index contributed by atoms with van der Waals surface area (Å²) >= 11 is 20.0. The third-order valence-electron chi connectivity index (χ3n) is 5.49. The topological polar surface area (TPSA) is 49.4 Å². The van der Waals surface area contributed by atoms with Crippen LogP contribution in [0.4, 0.5) is 0 Å². The molecule has 0 aliphatic carbocycles. The van der Waals surface area contributed by atoms with Crippen molar-refractivity contribution in [2.24, 2.45) is 5.92 Å². The Hall–Kier alpha value is -2.18. The highest BCUT2D eigenvalue weighted by Crippen LogP contribution is 2.26. The summed E-state index contributed by atoms with van der Waals surface area (Å²) in [5.74, 6) is 0.0843. The van der Waals surface area contributed by atoms with Gasteiger partial charge in [0.15, 0.2) is 0 Å². The molecule has 0 aliphatic heterocycles. The van der Waals surface area contributed by atoms with Gasteiger partial charge in [-0.05, 0) is 53.4 Å². The van der Waals surface area contributed by atoms with E-state index in [4.69, 9.17) is 34.8 Å². The third kappa shape index (κ3) is 8.74. The van der Waals surface area contributed by atoms with Gasteiger partial charge in [0.05, 0.1) is 5.75 Å². The molecule has 36 heavy (non-hydrogen) atoms. The normalized spacial score (nSPS) is 11.8. The molecule has 1 unspecified atom stereocenters. The van der Waals surface area contributed by atoms with E-state index in [-0.39, 0.29) is 30.0 Å². The van der Waals surface area contributed by atoms with Crippen molar-refractivity contribution in [2.75, 3.05) is 12.3 Å². The summed E-state index contributed by atoms with van der Waals surface area (Å²) in [6.07, 6.45) is 0.382. The van der Waals surface area contributed by atoms with E-state index in [1.54, 1.807) is 35.2 Å². The Bertz CT molecular complexity index is 1160. The van der Waals surface area contributed by atoms with Crippen LogP contribution in [0.1, 0.15) is 25.0 Å². The van der Waals surface area contributed by atoms with Crippen molar-refractivity contribution in [3.05, 3.63) is 99.0 Å². The van der Waals surface area contributed by atoms with Gasteiger partial charge in [-0.2, -0.15) is 0 Å². The van der Waals surface area contributed by atoms with Crippen molar-refractivity contribution in [3.8, 4) is 0 Å². The average molecular weight is 564 g/mol. The van der Waals surface area contributed by atoms with Gasteiger partial charge < -0.3 is 10.2 Å². The number of nitrogens with zero attached hydrogens (tertiary/aromatic N) is 1. The Kier molecular flexibility index (Phi) is 11.0. The van der Waals surface area contributed by atoms with E-state index in [1.807, 2.05) is 56.3 Å². The molecule has 1 N–H and O–H groups in total. The van der Waals surface area contributed by atoms with Crippen LogP contribution in [0.15, 0.2) is 77.7 Å². The summed E-state index contributed by atoms with van der Waals surface area (Å²) in [4.78, 5) is 29.7. The molecule has 0 spiro atoms. The molecule has 0 bridgehead atoms. The number of nitrogens with one attached hydrogen (secondary N) is 1. The molecule has 3 rings (SSSR count). The van der Waals surface area contributed by atoms with E-state index in [0.717, 1.165) is 16.0 Å².